The second kappa shape index (κ2) is 8.14. The average molecular weight is 395 g/mol. The second-order valence-corrected chi connectivity index (χ2v) is 8.24. The van der Waals surface area contributed by atoms with Crippen molar-refractivity contribution in [3.63, 3.8) is 0 Å². The van der Waals surface area contributed by atoms with E-state index in [1.807, 2.05) is 37.3 Å². The molecule has 0 fully saturated rings. The number of aryl methyl sites for hydroxylation is 2. The molecule has 1 atom stereocenters. The normalized spacial score (nSPS) is 13.9. The van der Waals surface area contributed by atoms with E-state index in [1.54, 1.807) is 11.8 Å². The maximum Gasteiger partial charge on any atom is 0.210 e. The van der Waals surface area contributed by atoms with E-state index in [4.69, 9.17) is 4.74 Å². The molecule has 0 radical (unpaired) electrons. The number of hydrogen-bond donors (Lipinski definition) is 0. The number of thioether (sulfide) groups is 1. The second-order valence-electron chi connectivity index (χ2n) is 6.93. The summed E-state index contributed by atoms with van der Waals surface area (Å²) in [4.78, 5) is 12.9. The summed E-state index contributed by atoms with van der Waals surface area (Å²) >= 11 is 1.39. The molecule has 0 N–H and O–H groups in total. The van der Waals surface area contributed by atoms with E-state index in [0.717, 1.165) is 29.7 Å². The van der Waals surface area contributed by atoms with Gasteiger partial charge in [0.1, 0.15) is 5.75 Å². The molecule has 144 valence electrons. The minimum absolute atomic E-state index is 0.110. The van der Waals surface area contributed by atoms with Crippen LogP contribution in [0.4, 0.5) is 0 Å². The molecule has 1 aliphatic rings. The molecule has 2 aromatic carbocycles. The van der Waals surface area contributed by atoms with Crippen LogP contribution >= 0.6 is 11.8 Å². The topological polar surface area (TPSA) is 69.9 Å². The third kappa shape index (κ3) is 3.94. The summed E-state index contributed by atoms with van der Waals surface area (Å²) in [6.07, 6.45) is 3.36. The fourth-order valence-corrected chi connectivity index (χ4v) is 4.32. The van der Waals surface area contributed by atoms with Crippen molar-refractivity contribution in [3.05, 3.63) is 64.7 Å². The van der Waals surface area contributed by atoms with E-state index >= 15 is 0 Å². The number of aromatic nitrogens is 4. The molecule has 1 aliphatic carbocycles. The molecule has 6 nitrogen and oxygen atoms in total. The lowest BCUT2D eigenvalue weighted by molar-refractivity contribution is 0.0993. The number of nitrogens with zero attached hydrogens (tertiary/aromatic N) is 4. The molecule has 0 amide bonds. The highest BCUT2D eigenvalue weighted by molar-refractivity contribution is 8.00. The monoisotopic (exact) mass is 394 g/mol. The molecule has 0 saturated heterocycles. The zero-order chi connectivity index (χ0) is 19.5. The number of rotatable bonds is 7. The van der Waals surface area contributed by atoms with Crippen LogP contribution in [0.15, 0.2) is 47.6 Å². The van der Waals surface area contributed by atoms with Gasteiger partial charge in [0.05, 0.1) is 18.9 Å². The van der Waals surface area contributed by atoms with Crippen LogP contribution in [0.25, 0.3) is 0 Å². The van der Waals surface area contributed by atoms with Crippen molar-refractivity contribution in [1.82, 2.24) is 20.2 Å². The Morgan fingerprint density at radius 1 is 1.18 bits per heavy atom. The molecule has 1 unspecified atom stereocenters. The van der Waals surface area contributed by atoms with Crippen molar-refractivity contribution in [2.24, 2.45) is 0 Å². The predicted octanol–water partition coefficient (Wildman–Crippen LogP) is 3.58. The molecule has 0 aliphatic heterocycles. The van der Waals surface area contributed by atoms with Crippen LogP contribution < -0.4 is 4.74 Å². The number of carbonyl (C=O) groups is 1. The molecule has 3 aromatic rings. The first-order chi connectivity index (χ1) is 13.6. The van der Waals surface area contributed by atoms with Crippen LogP contribution in [0.3, 0.4) is 0 Å². The number of ketones is 1. The summed E-state index contributed by atoms with van der Waals surface area (Å²) < 4.78 is 6.91. The lowest BCUT2D eigenvalue weighted by atomic mass is 10.0. The smallest absolute Gasteiger partial charge is 0.210 e. The lowest BCUT2D eigenvalue weighted by Crippen LogP contribution is -2.15. The maximum atomic E-state index is 12.9. The largest absolute Gasteiger partial charge is 0.497 e. The molecule has 0 saturated carbocycles. The number of Topliss-reactive ketones (excluding diaryl/α,β-unsaturated/α-hetero) is 1. The first kappa shape index (κ1) is 18.7. The summed E-state index contributed by atoms with van der Waals surface area (Å²) in [5.41, 5.74) is 4.52. The number of methoxy groups -OCH3 is 1. The zero-order valence-electron chi connectivity index (χ0n) is 16.0. The average Bonchev–Trinajstić information content (AvgIpc) is 3.36. The Kier molecular flexibility index (Phi) is 5.43. The first-order valence-corrected chi connectivity index (χ1v) is 10.2. The van der Waals surface area contributed by atoms with Gasteiger partial charge in [0.2, 0.25) is 5.16 Å². The third-order valence-electron chi connectivity index (χ3n) is 5.02. The van der Waals surface area contributed by atoms with Gasteiger partial charge >= 0.3 is 0 Å². The minimum atomic E-state index is -0.264. The molecule has 0 spiro atoms. The highest BCUT2D eigenvalue weighted by Crippen LogP contribution is 2.27. The van der Waals surface area contributed by atoms with Crippen molar-refractivity contribution in [3.8, 4) is 5.75 Å². The molecule has 4 rings (SSSR count). The van der Waals surface area contributed by atoms with E-state index in [2.05, 4.69) is 27.7 Å². The minimum Gasteiger partial charge on any atom is -0.497 e. The summed E-state index contributed by atoms with van der Waals surface area (Å²) in [6.45, 7) is 2.45. The fourth-order valence-electron chi connectivity index (χ4n) is 3.46. The Hall–Kier alpha value is -2.67. The van der Waals surface area contributed by atoms with Gasteiger partial charge in [-0.1, -0.05) is 36.0 Å². The SMILES string of the molecule is COc1ccc(Cn2nnnc2SC(C)C(=O)c2ccc3c(c2)CCC3)cc1. The summed E-state index contributed by atoms with van der Waals surface area (Å²) in [6, 6.07) is 13.9. The fraction of sp³-hybridized carbons (Fsp3) is 0.333. The van der Waals surface area contributed by atoms with E-state index < -0.39 is 0 Å². The molecule has 1 heterocycles. The number of ether oxygens (including phenoxy) is 1. The number of fused-ring (bicyclic) bond motifs is 1. The van der Waals surface area contributed by atoms with Gasteiger partial charge in [0, 0.05) is 5.56 Å². The van der Waals surface area contributed by atoms with Crippen LogP contribution in [-0.4, -0.2) is 38.4 Å². The van der Waals surface area contributed by atoms with Gasteiger partial charge in [-0.25, -0.2) is 4.68 Å². The molecular formula is C21H22N4O2S. The summed E-state index contributed by atoms with van der Waals surface area (Å²) in [5.74, 6) is 0.919. The number of tetrazole rings is 1. The maximum absolute atomic E-state index is 12.9. The zero-order valence-corrected chi connectivity index (χ0v) is 16.8. The van der Waals surface area contributed by atoms with Gasteiger partial charge in [-0.2, -0.15) is 0 Å². The Morgan fingerprint density at radius 3 is 2.75 bits per heavy atom. The van der Waals surface area contributed by atoms with Gasteiger partial charge in [-0.05, 0) is 71.5 Å². The van der Waals surface area contributed by atoms with Crippen molar-refractivity contribution in [2.75, 3.05) is 7.11 Å². The van der Waals surface area contributed by atoms with E-state index in [0.29, 0.717) is 11.7 Å². The van der Waals surface area contributed by atoms with Gasteiger partial charge in [0.15, 0.2) is 5.78 Å². The van der Waals surface area contributed by atoms with Crippen LogP contribution in [0.5, 0.6) is 5.75 Å². The summed E-state index contributed by atoms with van der Waals surface area (Å²) in [5, 5.41) is 12.4. The predicted molar refractivity (Wildman–Crippen MR) is 108 cm³/mol. The molecule has 28 heavy (non-hydrogen) atoms. The third-order valence-corrected chi connectivity index (χ3v) is 6.10. The number of hydrogen-bond acceptors (Lipinski definition) is 6. The quantitative estimate of drug-likeness (QED) is 0.451. The molecule has 0 bridgehead atoms. The van der Waals surface area contributed by atoms with Crippen LogP contribution in [-0.2, 0) is 19.4 Å². The van der Waals surface area contributed by atoms with E-state index in [1.165, 1.54) is 29.3 Å². The van der Waals surface area contributed by atoms with Crippen molar-refractivity contribution < 1.29 is 9.53 Å². The van der Waals surface area contributed by atoms with Gasteiger partial charge in [-0.3, -0.25) is 4.79 Å². The molecular weight excluding hydrogens is 372 g/mol. The van der Waals surface area contributed by atoms with Gasteiger partial charge in [-0.15, -0.1) is 5.10 Å². The van der Waals surface area contributed by atoms with Gasteiger partial charge < -0.3 is 4.74 Å². The highest BCUT2D eigenvalue weighted by Gasteiger charge is 2.22. The number of carbonyl (C=O) groups excluding carboxylic acids is 1. The Labute approximate surface area is 168 Å². The van der Waals surface area contributed by atoms with Gasteiger partial charge in [0.25, 0.3) is 0 Å². The Balaban J connectivity index is 1.45. The Morgan fingerprint density at radius 2 is 1.96 bits per heavy atom. The number of benzene rings is 2. The van der Waals surface area contributed by atoms with Crippen molar-refractivity contribution >= 4 is 17.5 Å². The lowest BCUT2D eigenvalue weighted by Gasteiger charge is -2.11. The highest BCUT2D eigenvalue weighted by atomic mass is 32.2. The molecule has 7 heteroatoms. The van der Waals surface area contributed by atoms with Crippen molar-refractivity contribution in [1.29, 1.82) is 0 Å². The summed E-state index contributed by atoms with van der Waals surface area (Å²) in [7, 11) is 1.64. The van der Waals surface area contributed by atoms with Crippen molar-refractivity contribution in [2.45, 2.75) is 43.1 Å². The first-order valence-electron chi connectivity index (χ1n) is 9.36. The molecule has 1 aromatic heterocycles. The van der Waals surface area contributed by atoms with Crippen LogP contribution in [0.2, 0.25) is 0 Å². The van der Waals surface area contributed by atoms with E-state index in [9.17, 15) is 4.79 Å². The Bertz CT molecular complexity index is 984. The standard InChI is InChI=1S/C21H22N4O2S/c1-14(20(26)18-9-8-16-4-3-5-17(16)12-18)28-21-22-23-24-25(21)13-15-6-10-19(27-2)11-7-15/h6-12,14H,3-5,13H2,1-2H3. The van der Waals surface area contributed by atoms with E-state index in [-0.39, 0.29) is 11.0 Å². The van der Waals surface area contributed by atoms with Crippen LogP contribution in [0.1, 0.15) is 40.4 Å². The van der Waals surface area contributed by atoms with Crippen LogP contribution in [0, 0.1) is 0 Å².